The van der Waals surface area contributed by atoms with Crippen molar-refractivity contribution in [2.24, 2.45) is 12.8 Å². The van der Waals surface area contributed by atoms with Gasteiger partial charge in [-0.05, 0) is 36.6 Å². The second-order valence-corrected chi connectivity index (χ2v) is 8.22. The average molecular weight is 453 g/mol. The van der Waals surface area contributed by atoms with Crippen LogP contribution in [-0.2, 0) is 12.6 Å². The summed E-state index contributed by atoms with van der Waals surface area (Å²) in [6.07, 6.45) is 3.09. The quantitative estimate of drug-likeness (QED) is 0.549. The van der Waals surface area contributed by atoms with E-state index in [9.17, 15) is 24.3 Å². The molecule has 1 fully saturated rings. The van der Waals surface area contributed by atoms with Crippen molar-refractivity contribution < 1.29 is 19.5 Å². The molecule has 2 atom stereocenters. The van der Waals surface area contributed by atoms with Crippen molar-refractivity contribution in [1.29, 1.82) is 0 Å². The molecule has 4 N–H and O–H groups in total. The van der Waals surface area contributed by atoms with E-state index in [1.54, 1.807) is 24.3 Å². The van der Waals surface area contributed by atoms with Gasteiger partial charge in [0.25, 0.3) is 5.56 Å². The highest BCUT2D eigenvalue weighted by molar-refractivity contribution is 5.92. The minimum Gasteiger partial charge on any atom is -0.382 e. The number of nitrogens with two attached hydrogens (primary N) is 1. The molecule has 0 radical (unpaired) electrons. The minimum absolute atomic E-state index is 0.0159. The molecule has 33 heavy (non-hydrogen) atoms. The Bertz CT molecular complexity index is 1250. The fourth-order valence-corrected chi connectivity index (χ4v) is 4.26. The van der Waals surface area contributed by atoms with Gasteiger partial charge in [0.05, 0.1) is 17.9 Å². The van der Waals surface area contributed by atoms with E-state index in [1.807, 2.05) is 0 Å². The van der Waals surface area contributed by atoms with Crippen LogP contribution in [-0.4, -0.2) is 42.4 Å². The Morgan fingerprint density at radius 3 is 2.67 bits per heavy atom. The monoisotopic (exact) mass is 453 g/mol. The molecule has 9 nitrogen and oxygen atoms in total. The Kier molecular flexibility index (Phi) is 6.07. The summed E-state index contributed by atoms with van der Waals surface area (Å²) in [4.78, 5) is 32.3. The van der Waals surface area contributed by atoms with E-state index in [4.69, 9.17) is 5.73 Å². The molecule has 0 spiro atoms. The number of primary amides is 1. The maximum atomic E-state index is 14.3. The molecule has 3 aromatic rings. The van der Waals surface area contributed by atoms with Crippen molar-refractivity contribution in [3.63, 3.8) is 0 Å². The Morgan fingerprint density at radius 2 is 2.00 bits per heavy atom. The van der Waals surface area contributed by atoms with E-state index in [0.717, 1.165) is 11.3 Å². The number of aromatic nitrogens is 3. The molecule has 10 heteroatoms. The molecule has 172 valence electrons. The van der Waals surface area contributed by atoms with Gasteiger partial charge in [-0.2, -0.15) is 5.06 Å². The molecule has 4 rings (SSSR count). The standard InChI is InChI=1S/C23H24FN5O4/c1-28-20(30)11-18(16-7-9-26-13-17(16)24)27-22(28)23(32)8-2-10-29(33)19(12-23)14-3-5-15(6-4-14)21(25)31/h3-7,9,11,13,19,32-33H,2,8,10,12H2,1H3,(H2,25,31). The first-order valence-electron chi connectivity index (χ1n) is 10.5. The SMILES string of the molecule is Cn1c(C2(O)CCCN(O)C(c3ccc(C(N)=O)cc3)C2)nc(-c2ccncc2F)cc1=O. The highest BCUT2D eigenvalue weighted by Crippen LogP contribution is 2.40. The first kappa shape index (κ1) is 22.7. The highest BCUT2D eigenvalue weighted by Gasteiger charge is 2.41. The zero-order valence-electron chi connectivity index (χ0n) is 18.0. The predicted octanol–water partition coefficient (Wildman–Crippen LogP) is 1.88. The second-order valence-electron chi connectivity index (χ2n) is 8.22. The van der Waals surface area contributed by atoms with Crippen LogP contribution >= 0.6 is 0 Å². The number of benzene rings is 1. The number of amides is 1. The molecule has 3 heterocycles. The van der Waals surface area contributed by atoms with Crippen molar-refractivity contribution in [3.05, 3.63) is 81.9 Å². The van der Waals surface area contributed by atoms with Crippen molar-refractivity contribution in [2.75, 3.05) is 6.54 Å². The number of nitrogens with zero attached hydrogens (tertiary/aromatic N) is 4. The number of rotatable bonds is 4. The van der Waals surface area contributed by atoms with Gasteiger partial charge in [0, 0.05) is 43.4 Å². The lowest BCUT2D eigenvalue weighted by Gasteiger charge is -2.32. The Morgan fingerprint density at radius 1 is 1.27 bits per heavy atom. The van der Waals surface area contributed by atoms with Gasteiger partial charge in [-0.3, -0.25) is 19.1 Å². The number of carbonyl (C=O) groups is 1. The normalized spacial score (nSPS) is 21.5. The van der Waals surface area contributed by atoms with Crippen LogP contribution in [0.4, 0.5) is 4.39 Å². The maximum absolute atomic E-state index is 14.3. The molecule has 1 amide bonds. The largest absolute Gasteiger partial charge is 0.382 e. The van der Waals surface area contributed by atoms with Crippen LogP contribution in [0.2, 0.25) is 0 Å². The Hall–Kier alpha value is -3.47. The van der Waals surface area contributed by atoms with Crippen molar-refractivity contribution in [1.82, 2.24) is 19.6 Å². The van der Waals surface area contributed by atoms with Gasteiger partial charge in [-0.1, -0.05) is 12.1 Å². The fourth-order valence-electron chi connectivity index (χ4n) is 4.26. The summed E-state index contributed by atoms with van der Waals surface area (Å²) in [5.74, 6) is -1.12. The van der Waals surface area contributed by atoms with Gasteiger partial charge in [0.1, 0.15) is 11.4 Å². The van der Waals surface area contributed by atoms with Gasteiger partial charge < -0.3 is 16.0 Å². The first-order valence-corrected chi connectivity index (χ1v) is 10.5. The fraction of sp³-hybridized carbons (Fsp3) is 0.304. The number of pyridine rings is 1. The summed E-state index contributed by atoms with van der Waals surface area (Å²) in [7, 11) is 1.49. The third kappa shape index (κ3) is 4.40. The molecule has 2 aromatic heterocycles. The number of carbonyl (C=O) groups excluding carboxylic acids is 1. The van der Waals surface area contributed by atoms with Gasteiger partial charge in [0.2, 0.25) is 5.91 Å². The molecule has 1 aromatic carbocycles. The smallest absolute Gasteiger partial charge is 0.253 e. The lowest BCUT2D eigenvalue weighted by atomic mass is 9.87. The maximum Gasteiger partial charge on any atom is 0.253 e. The molecule has 0 aliphatic carbocycles. The molecule has 1 aliphatic rings. The van der Waals surface area contributed by atoms with Crippen molar-refractivity contribution in [2.45, 2.75) is 30.9 Å². The predicted molar refractivity (Wildman–Crippen MR) is 117 cm³/mol. The third-order valence-electron chi connectivity index (χ3n) is 6.05. The summed E-state index contributed by atoms with van der Waals surface area (Å²) in [6.45, 7) is 0.275. The number of aliphatic hydroxyl groups is 1. The van der Waals surface area contributed by atoms with Crippen molar-refractivity contribution >= 4 is 5.91 Å². The molecule has 0 bridgehead atoms. The van der Waals surface area contributed by atoms with Crippen LogP contribution in [0.1, 0.15) is 47.1 Å². The Balaban J connectivity index is 1.78. The van der Waals surface area contributed by atoms with Gasteiger partial charge in [-0.15, -0.1) is 0 Å². The summed E-state index contributed by atoms with van der Waals surface area (Å²) in [5.41, 5.74) is 4.44. The average Bonchev–Trinajstić information content (AvgIpc) is 2.94. The lowest BCUT2D eigenvalue weighted by Crippen LogP contribution is -2.37. The Labute approximate surface area is 188 Å². The van der Waals surface area contributed by atoms with Crippen LogP contribution in [0.5, 0.6) is 0 Å². The van der Waals surface area contributed by atoms with Crippen molar-refractivity contribution in [3.8, 4) is 11.3 Å². The van der Waals surface area contributed by atoms with Crippen LogP contribution in [0.25, 0.3) is 11.3 Å². The van der Waals surface area contributed by atoms with E-state index in [0.29, 0.717) is 17.5 Å². The van der Waals surface area contributed by atoms with E-state index < -0.39 is 28.9 Å². The lowest BCUT2D eigenvalue weighted by molar-refractivity contribution is -0.136. The van der Waals surface area contributed by atoms with E-state index in [1.165, 1.54) is 29.9 Å². The van der Waals surface area contributed by atoms with Gasteiger partial charge in [-0.25, -0.2) is 9.37 Å². The zero-order chi connectivity index (χ0) is 23.8. The van der Waals surface area contributed by atoms with Crippen LogP contribution in [0.15, 0.2) is 53.6 Å². The molecule has 1 saturated heterocycles. The van der Waals surface area contributed by atoms with Crippen LogP contribution < -0.4 is 11.3 Å². The number of hydroxylamine groups is 2. The molecule has 1 aliphatic heterocycles. The summed E-state index contributed by atoms with van der Waals surface area (Å²) >= 11 is 0. The minimum atomic E-state index is -1.59. The highest BCUT2D eigenvalue weighted by atomic mass is 19.1. The van der Waals surface area contributed by atoms with E-state index in [2.05, 4.69) is 9.97 Å². The number of hydrogen-bond acceptors (Lipinski definition) is 7. The van der Waals surface area contributed by atoms with Gasteiger partial charge in [0.15, 0.2) is 5.82 Å². The summed E-state index contributed by atoms with van der Waals surface area (Å²) in [6, 6.07) is 8.41. The molecular formula is C23H24FN5O4. The molecular weight excluding hydrogens is 429 g/mol. The first-order chi connectivity index (χ1) is 15.7. The molecule has 2 unspecified atom stereocenters. The zero-order valence-corrected chi connectivity index (χ0v) is 18.0. The van der Waals surface area contributed by atoms with E-state index >= 15 is 0 Å². The number of hydrogen-bond donors (Lipinski definition) is 3. The van der Waals surface area contributed by atoms with Gasteiger partial charge >= 0.3 is 0 Å². The van der Waals surface area contributed by atoms with Crippen LogP contribution in [0.3, 0.4) is 0 Å². The summed E-state index contributed by atoms with van der Waals surface area (Å²) < 4.78 is 15.6. The third-order valence-corrected chi connectivity index (χ3v) is 6.05. The van der Waals surface area contributed by atoms with Crippen LogP contribution in [0, 0.1) is 5.82 Å². The molecule has 0 saturated carbocycles. The second kappa shape index (κ2) is 8.81. The summed E-state index contributed by atoms with van der Waals surface area (Å²) in [5, 5.41) is 23.5. The topological polar surface area (TPSA) is 135 Å². The van der Waals surface area contributed by atoms with E-state index in [-0.39, 0.29) is 36.5 Å². The number of halogens is 1.